The predicted molar refractivity (Wildman–Crippen MR) is 85.1 cm³/mol. The molecule has 0 saturated carbocycles. The Bertz CT molecular complexity index is 443. The maximum absolute atomic E-state index is 3.86. The zero-order chi connectivity index (χ0) is 13.9. The first-order valence-corrected chi connectivity index (χ1v) is 8.36. The van der Waals surface area contributed by atoms with E-state index in [2.05, 4.69) is 48.3 Å². The molecule has 1 heterocycles. The van der Waals surface area contributed by atoms with E-state index in [1.165, 1.54) is 38.8 Å². The molecule has 3 atom stereocenters. The van der Waals surface area contributed by atoms with Crippen LogP contribution in [0.1, 0.15) is 62.6 Å². The number of fused-ring (bicyclic) bond motifs is 1. The van der Waals surface area contributed by atoms with Gasteiger partial charge in [-0.3, -0.25) is 4.90 Å². The average molecular weight is 272 g/mol. The third-order valence-electron chi connectivity index (χ3n) is 5.30. The first kappa shape index (κ1) is 14.1. The van der Waals surface area contributed by atoms with Gasteiger partial charge >= 0.3 is 0 Å². The Morgan fingerprint density at radius 2 is 1.95 bits per heavy atom. The Balaban J connectivity index is 1.65. The molecule has 1 N–H and O–H groups in total. The second-order valence-corrected chi connectivity index (χ2v) is 6.49. The molecule has 0 bridgehead atoms. The van der Waals surface area contributed by atoms with E-state index in [1.54, 1.807) is 11.1 Å². The largest absolute Gasteiger partial charge is 0.308 e. The quantitative estimate of drug-likeness (QED) is 0.899. The zero-order valence-electron chi connectivity index (χ0n) is 12.9. The Kier molecular flexibility index (Phi) is 4.42. The van der Waals surface area contributed by atoms with Crippen LogP contribution in [0.25, 0.3) is 0 Å². The van der Waals surface area contributed by atoms with Crippen molar-refractivity contribution in [3.05, 3.63) is 35.4 Å². The number of nitrogens with one attached hydrogen (secondary N) is 1. The van der Waals surface area contributed by atoms with Crippen molar-refractivity contribution in [1.82, 2.24) is 10.2 Å². The van der Waals surface area contributed by atoms with Crippen molar-refractivity contribution in [2.75, 3.05) is 19.6 Å². The molecule has 1 saturated heterocycles. The molecular weight excluding hydrogens is 244 g/mol. The number of rotatable bonds is 4. The third kappa shape index (κ3) is 2.77. The molecular formula is C18H28N2. The van der Waals surface area contributed by atoms with E-state index in [0.29, 0.717) is 6.04 Å². The number of likely N-dealkylation sites (N-methyl/N-ethyl adjacent to an activating group) is 1. The van der Waals surface area contributed by atoms with Crippen LogP contribution in [0, 0.1) is 0 Å². The van der Waals surface area contributed by atoms with Crippen LogP contribution >= 0.6 is 0 Å². The van der Waals surface area contributed by atoms with Crippen molar-refractivity contribution >= 4 is 0 Å². The number of hydrogen-bond donors (Lipinski definition) is 1. The molecule has 3 unspecified atom stereocenters. The molecule has 1 aromatic rings. The van der Waals surface area contributed by atoms with Crippen molar-refractivity contribution in [3.63, 3.8) is 0 Å². The van der Waals surface area contributed by atoms with Crippen LogP contribution in [0.3, 0.4) is 0 Å². The lowest BCUT2D eigenvalue weighted by Crippen LogP contribution is -2.39. The first-order valence-electron chi connectivity index (χ1n) is 8.36. The molecule has 2 aliphatic rings. The highest BCUT2D eigenvalue weighted by Crippen LogP contribution is 2.37. The molecule has 0 amide bonds. The predicted octanol–water partition coefficient (Wildman–Crippen LogP) is 3.70. The minimum atomic E-state index is 0.571. The summed E-state index contributed by atoms with van der Waals surface area (Å²) in [6.07, 6.45) is 5.35. The maximum atomic E-state index is 3.86. The van der Waals surface area contributed by atoms with Crippen LogP contribution in [0.15, 0.2) is 24.3 Å². The highest BCUT2D eigenvalue weighted by molar-refractivity contribution is 5.34. The second kappa shape index (κ2) is 6.28. The maximum Gasteiger partial charge on any atom is 0.0323 e. The van der Waals surface area contributed by atoms with E-state index >= 15 is 0 Å². The minimum absolute atomic E-state index is 0.571. The molecule has 110 valence electrons. The molecule has 0 spiro atoms. The van der Waals surface area contributed by atoms with E-state index in [9.17, 15) is 0 Å². The lowest BCUT2D eigenvalue weighted by molar-refractivity contribution is 0.250. The molecule has 1 fully saturated rings. The standard InChI is InChI=1S/C18H28N2/c1-3-20-12-6-7-15(20)13-19-18-11-10-14(2)16-8-4-5-9-17(16)18/h4-5,8-9,14-15,18-19H,3,6-7,10-13H2,1-2H3. The summed E-state index contributed by atoms with van der Waals surface area (Å²) in [5.74, 6) is 0.725. The average Bonchev–Trinajstić information content (AvgIpc) is 2.94. The smallest absolute Gasteiger partial charge is 0.0323 e. The molecule has 3 rings (SSSR count). The van der Waals surface area contributed by atoms with Gasteiger partial charge in [-0.15, -0.1) is 0 Å². The van der Waals surface area contributed by atoms with Crippen molar-refractivity contribution in [3.8, 4) is 0 Å². The summed E-state index contributed by atoms with van der Waals surface area (Å²) in [6, 6.07) is 10.4. The van der Waals surface area contributed by atoms with E-state index in [1.807, 2.05) is 0 Å². The van der Waals surface area contributed by atoms with E-state index < -0.39 is 0 Å². The molecule has 1 aliphatic heterocycles. The van der Waals surface area contributed by atoms with Gasteiger partial charge in [0, 0.05) is 18.6 Å². The number of benzene rings is 1. The van der Waals surface area contributed by atoms with Gasteiger partial charge in [0.15, 0.2) is 0 Å². The van der Waals surface area contributed by atoms with Crippen molar-refractivity contribution in [2.45, 2.75) is 57.5 Å². The summed E-state index contributed by atoms with van der Waals surface area (Å²) in [5.41, 5.74) is 3.11. The summed E-state index contributed by atoms with van der Waals surface area (Å²) < 4.78 is 0. The van der Waals surface area contributed by atoms with Gasteiger partial charge in [-0.05, 0) is 55.8 Å². The fourth-order valence-electron chi connectivity index (χ4n) is 4.04. The highest BCUT2D eigenvalue weighted by Gasteiger charge is 2.27. The van der Waals surface area contributed by atoms with E-state index in [0.717, 1.165) is 18.5 Å². The number of likely N-dealkylation sites (tertiary alicyclic amines) is 1. The Morgan fingerprint density at radius 3 is 2.75 bits per heavy atom. The van der Waals surface area contributed by atoms with Crippen LogP contribution in [-0.4, -0.2) is 30.6 Å². The van der Waals surface area contributed by atoms with Crippen molar-refractivity contribution in [1.29, 1.82) is 0 Å². The summed E-state index contributed by atoms with van der Waals surface area (Å²) in [6.45, 7) is 8.30. The third-order valence-corrected chi connectivity index (χ3v) is 5.30. The minimum Gasteiger partial charge on any atom is -0.308 e. The molecule has 0 aromatic heterocycles. The van der Waals surface area contributed by atoms with Crippen LogP contribution in [0.4, 0.5) is 0 Å². The molecule has 1 aromatic carbocycles. The number of hydrogen-bond acceptors (Lipinski definition) is 2. The first-order chi connectivity index (χ1) is 9.79. The summed E-state index contributed by atoms with van der Waals surface area (Å²) in [5, 5.41) is 3.86. The van der Waals surface area contributed by atoms with Gasteiger partial charge in [0.1, 0.15) is 0 Å². The van der Waals surface area contributed by atoms with E-state index in [-0.39, 0.29) is 0 Å². The van der Waals surface area contributed by atoms with Crippen LogP contribution < -0.4 is 5.32 Å². The van der Waals surface area contributed by atoms with Gasteiger partial charge in [-0.1, -0.05) is 38.1 Å². The van der Waals surface area contributed by atoms with Gasteiger partial charge in [0.05, 0.1) is 0 Å². The van der Waals surface area contributed by atoms with Crippen molar-refractivity contribution in [2.24, 2.45) is 0 Å². The SMILES string of the molecule is CCN1CCCC1CNC1CCC(C)c2ccccc21. The van der Waals surface area contributed by atoms with Crippen LogP contribution in [0.5, 0.6) is 0 Å². The van der Waals surface area contributed by atoms with Crippen LogP contribution in [-0.2, 0) is 0 Å². The number of nitrogens with zero attached hydrogens (tertiary/aromatic N) is 1. The van der Waals surface area contributed by atoms with Gasteiger partial charge in [-0.2, -0.15) is 0 Å². The monoisotopic (exact) mass is 272 g/mol. The molecule has 20 heavy (non-hydrogen) atoms. The lowest BCUT2D eigenvalue weighted by atomic mass is 9.81. The highest BCUT2D eigenvalue weighted by atomic mass is 15.2. The van der Waals surface area contributed by atoms with Gasteiger partial charge in [0.2, 0.25) is 0 Å². The summed E-state index contributed by atoms with van der Waals surface area (Å²) in [4.78, 5) is 2.63. The van der Waals surface area contributed by atoms with Crippen molar-refractivity contribution < 1.29 is 0 Å². The summed E-state index contributed by atoms with van der Waals surface area (Å²) >= 11 is 0. The Morgan fingerprint density at radius 1 is 1.15 bits per heavy atom. The fraction of sp³-hybridized carbons (Fsp3) is 0.667. The summed E-state index contributed by atoms with van der Waals surface area (Å²) in [7, 11) is 0. The van der Waals surface area contributed by atoms with Gasteiger partial charge in [-0.25, -0.2) is 0 Å². The fourth-order valence-corrected chi connectivity index (χ4v) is 4.04. The lowest BCUT2D eigenvalue weighted by Gasteiger charge is -2.32. The molecule has 1 aliphatic carbocycles. The van der Waals surface area contributed by atoms with E-state index in [4.69, 9.17) is 0 Å². The Hall–Kier alpha value is -0.860. The normalized spacial score (nSPS) is 30.4. The topological polar surface area (TPSA) is 15.3 Å². The van der Waals surface area contributed by atoms with Crippen LogP contribution in [0.2, 0.25) is 0 Å². The molecule has 2 heteroatoms. The van der Waals surface area contributed by atoms with Gasteiger partial charge < -0.3 is 5.32 Å². The zero-order valence-corrected chi connectivity index (χ0v) is 12.9. The molecule has 0 radical (unpaired) electrons. The molecule has 2 nitrogen and oxygen atoms in total. The second-order valence-electron chi connectivity index (χ2n) is 6.49. The Labute approximate surface area is 123 Å². The van der Waals surface area contributed by atoms with Gasteiger partial charge in [0.25, 0.3) is 0 Å².